The summed E-state index contributed by atoms with van der Waals surface area (Å²) < 4.78 is 5.54. The molecule has 1 aromatic carbocycles. The van der Waals surface area contributed by atoms with Gasteiger partial charge < -0.3 is 14.7 Å². The van der Waals surface area contributed by atoms with E-state index in [1.165, 1.54) is 5.56 Å². The van der Waals surface area contributed by atoms with Crippen LogP contribution in [0.5, 0.6) is 0 Å². The molecule has 2 unspecified atom stereocenters. The van der Waals surface area contributed by atoms with E-state index in [0.717, 1.165) is 12.0 Å². The maximum Gasteiger partial charge on any atom is 0.246 e. The highest BCUT2D eigenvalue weighted by atomic mass is 16.5. The largest absolute Gasteiger partial charge is 0.394 e. The van der Waals surface area contributed by atoms with E-state index in [1.807, 2.05) is 25.1 Å². The van der Waals surface area contributed by atoms with Crippen molar-refractivity contribution in [1.82, 2.24) is 4.90 Å². The van der Waals surface area contributed by atoms with Gasteiger partial charge in [-0.15, -0.1) is 0 Å². The molecule has 1 aromatic rings. The van der Waals surface area contributed by atoms with Crippen LogP contribution < -0.4 is 0 Å². The highest BCUT2D eigenvalue weighted by molar-refractivity contribution is 5.91. The second-order valence-electron chi connectivity index (χ2n) is 5.42. The van der Waals surface area contributed by atoms with Gasteiger partial charge in [0, 0.05) is 19.2 Å². The number of ether oxygens (including phenoxy) is 1. The molecule has 1 fully saturated rings. The van der Waals surface area contributed by atoms with Crippen LogP contribution >= 0.6 is 0 Å². The zero-order valence-electron chi connectivity index (χ0n) is 12.7. The lowest BCUT2D eigenvalue weighted by molar-refractivity contribution is -0.142. The number of aliphatic hydroxyl groups is 1. The maximum absolute atomic E-state index is 12.2. The first-order chi connectivity index (χ1) is 10.1. The summed E-state index contributed by atoms with van der Waals surface area (Å²) in [5.74, 6) is -0.0387. The summed E-state index contributed by atoms with van der Waals surface area (Å²) in [6.07, 6.45) is 4.10. The van der Waals surface area contributed by atoms with Crippen LogP contribution in [0.2, 0.25) is 0 Å². The van der Waals surface area contributed by atoms with Crippen LogP contribution in [0.15, 0.2) is 30.3 Å². The molecule has 1 saturated heterocycles. The SMILES string of the molecule is CCc1ccc(/C=C/C(=O)N2CC(C)OC(CO)C2)cc1. The number of rotatable bonds is 4. The molecule has 114 valence electrons. The summed E-state index contributed by atoms with van der Waals surface area (Å²) in [6.45, 7) is 4.98. The Morgan fingerprint density at radius 2 is 2.10 bits per heavy atom. The van der Waals surface area contributed by atoms with Crippen molar-refractivity contribution in [3.8, 4) is 0 Å². The van der Waals surface area contributed by atoms with Crippen molar-refractivity contribution < 1.29 is 14.6 Å². The number of nitrogens with zero attached hydrogens (tertiary/aromatic N) is 1. The first kappa shape index (κ1) is 15.7. The summed E-state index contributed by atoms with van der Waals surface area (Å²) >= 11 is 0. The fourth-order valence-corrected chi connectivity index (χ4v) is 2.46. The number of amides is 1. The molecule has 2 atom stereocenters. The van der Waals surface area contributed by atoms with Gasteiger partial charge in [-0.3, -0.25) is 4.79 Å². The van der Waals surface area contributed by atoms with Crippen molar-refractivity contribution in [3.05, 3.63) is 41.5 Å². The van der Waals surface area contributed by atoms with E-state index in [4.69, 9.17) is 4.74 Å². The van der Waals surface area contributed by atoms with Gasteiger partial charge in [-0.1, -0.05) is 31.2 Å². The molecule has 1 aliphatic heterocycles. The first-order valence-corrected chi connectivity index (χ1v) is 7.44. The molecule has 0 bridgehead atoms. The lowest BCUT2D eigenvalue weighted by atomic mass is 10.1. The summed E-state index contributed by atoms with van der Waals surface area (Å²) in [7, 11) is 0. The van der Waals surface area contributed by atoms with Crippen LogP contribution in [-0.2, 0) is 16.0 Å². The molecule has 0 radical (unpaired) electrons. The van der Waals surface area contributed by atoms with Crippen molar-refractivity contribution in [2.24, 2.45) is 0 Å². The maximum atomic E-state index is 12.2. The van der Waals surface area contributed by atoms with Gasteiger partial charge >= 0.3 is 0 Å². The summed E-state index contributed by atoms with van der Waals surface area (Å²) in [5.41, 5.74) is 2.30. The van der Waals surface area contributed by atoms with E-state index in [1.54, 1.807) is 11.0 Å². The summed E-state index contributed by atoms with van der Waals surface area (Å²) in [4.78, 5) is 13.9. The van der Waals surface area contributed by atoms with Crippen molar-refractivity contribution in [1.29, 1.82) is 0 Å². The highest BCUT2D eigenvalue weighted by Gasteiger charge is 2.26. The van der Waals surface area contributed by atoms with Crippen molar-refractivity contribution in [2.45, 2.75) is 32.5 Å². The number of carbonyl (C=O) groups is 1. The Morgan fingerprint density at radius 1 is 1.38 bits per heavy atom. The molecule has 1 heterocycles. The second kappa shape index (κ2) is 7.38. The van der Waals surface area contributed by atoms with Crippen LogP contribution in [0.1, 0.15) is 25.0 Å². The fraction of sp³-hybridized carbons (Fsp3) is 0.471. The van der Waals surface area contributed by atoms with Crippen LogP contribution in [0.3, 0.4) is 0 Å². The lowest BCUT2D eigenvalue weighted by Crippen LogP contribution is -2.49. The Hall–Kier alpha value is -1.65. The fourth-order valence-electron chi connectivity index (χ4n) is 2.46. The van der Waals surface area contributed by atoms with Gasteiger partial charge in [-0.05, 0) is 30.5 Å². The standard InChI is InChI=1S/C17H23NO3/c1-3-14-4-6-15(7-5-14)8-9-17(20)18-10-13(2)21-16(11-18)12-19/h4-9,13,16,19H,3,10-12H2,1-2H3/b9-8+. The van der Waals surface area contributed by atoms with Gasteiger partial charge in [0.25, 0.3) is 0 Å². The van der Waals surface area contributed by atoms with E-state index in [0.29, 0.717) is 13.1 Å². The predicted octanol–water partition coefficient (Wildman–Crippen LogP) is 1.87. The molecule has 0 spiro atoms. The number of carbonyl (C=O) groups excluding carboxylic acids is 1. The minimum absolute atomic E-state index is 0.0387. The Balaban J connectivity index is 1.97. The Kier molecular flexibility index (Phi) is 5.53. The summed E-state index contributed by atoms with van der Waals surface area (Å²) in [6, 6.07) is 8.17. The van der Waals surface area contributed by atoms with Gasteiger partial charge in [0.1, 0.15) is 0 Å². The third kappa shape index (κ3) is 4.41. The summed E-state index contributed by atoms with van der Waals surface area (Å²) in [5, 5.41) is 9.18. The highest BCUT2D eigenvalue weighted by Crippen LogP contribution is 2.12. The lowest BCUT2D eigenvalue weighted by Gasteiger charge is -2.35. The Labute approximate surface area is 126 Å². The molecule has 1 aliphatic rings. The van der Waals surface area contributed by atoms with Crippen LogP contribution in [0, 0.1) is 0 Å². The van der Waals surface area contributed by atoms with E-state index in [-0.39, 0.29) is 24.7 Å². The molecule has 1 N–H and O–H groups in total. The third-order valence-corrected chi connectivity index (χ3v) is 3.65. The average Bonchev–Trinajstić information content (AvgIpc) is 2.52. The number of hydrogen-bond acceptors (Lipinski definition) is 3. The molecule has 1 amide bonds. The minimum Gasteiger partial charge on any atom is -0.394 e. The number of aliphatic hydroxyl groups excluding tert-OH is 1. The Morgan fingerprint density at radius 3 is 2.71 bits per heavy atom. The zero-order chi connectivity index (χ0) is 15.2. The molecule has 21 heavy (non-hydrogen) atoms. The van der Waals surface area contributed by atoms with Crippen molar-refractivity contribution >= 4 is 12.0 Å². The van der Waals surface area contributed by atoms with E-state index in [2.05, 4.69) is 19.1 Å². The normalized spacial score (nSPS) is 22.7. The van der Waals surface area contributed by atoms with Crippen LogP contribution in [0.25, 0.3) is 6.08 Å². The van der Waals surface area contributed by atoms with Gasteiger partial charge in [-0.25, -0.2) is 0 Å². The predicted molar refractivity (Wildman–Crippen MR) is 82.9 cm³/mol. The topological polar surface area (TPSA) is 49.8 Å². The van der Waals surface area contributed by atoms with Crippen molar-refractivity contribution in [2.75, 3.05) is 19.7 Å². The van der Waals surface area contributed by atoms with Gasteiger partial charge in [0.15, 0.2) is 0 Å². The number of hydrogen-bond donors (Lipinski definition) is 1. The zero-order valence-corrected chi connectivity index (χ0v) is 12.7. The van der Waals surface area contributed by atoms with E-state index < -0.39 is 0 Å². The molecule has 0 aromatic heterocycles. The monoisotopic (exact) mass is 289 g/mol. The second-order valence-corrected chi connectivity index (χ2v) is 5.42. The van der Waals surface area contributed by atoms with Gasteiger partial charge in [0.2, 0.25) is 5.91 Å². The number of aryl methyl sites for hydroxylation is 1. The van der Waals surface area contributed by atoms with Gasteiger partial charge in [0.05, 0.1) is 18.8 Å². The van der Waals surface area contributed by atoms with Crippen molar-refractivity contribution in [3.63, 3.8) is 0 Å². The molecular weight excluding hydrogens is 266 g/mol. The van der Waals surface area contributed by atoms with Crippen LogP contribution in [0.4, 0.5) is 0 Å². The number of morpholine rings is 1. The number of benzene rings is 1. The molecular formula is C17H23NO3. The Bertz CT molecular complexity index is 495. The third-order valence-electron chi connectivity index (χ3n) is 3.65. The van der Waals surface area contributed by atoms with E-state index >= 15 is 0 Å². The van der Waals surface area contributed by atoms with E-state index in [9.17, 15) is 9.90 Å². The minimum atomic E-state index is -0.282. The van der Waals surface area contributed by atoms with Crippen LogP contribution in [-0.4, -0.2) is 47.8 Å². The molecule has 0 saturated carbocycles. The van der Waals surface area contributed by atoms with Gasteiger partial charge in [-0.2, -0.15) is 0 Å². The molecule has 2 rings (SSSR count). The molecule has 4 heteroatoms. The smallest absolute Gasteiger partial charge is 0.246 e. The molecule has 4 nitrogen and oxygen atoms in total. The average molecular weight is 289 g/mol. The first-order valence-electron chi connectivity index (χ1n) is 7.44. The molecule has 0 aliphatic carbocycles. The quantitative estimate of drug-likeness (QED) is 0.861.